The summed E-state index contributed by atoms with van der Waals surface area (Å²) in [6.07, 6.45) is 1.05. The topological polar surface area (TPSA) is 9.23 Å². The lowest BCUT2D eigenvalue weighted by Crippen LogP contribution is -1.98. The fourth-order valence-electron chi connectivity index (χ4n) is 2.32. The lowest BCUT2D eigenvalue weighted by molar-refractivity contribution is 0.0538. The summed E-state index contributed by atoms with van der Waals surface area (Å²) in [5, 5.41) is 2.09. The molecule has 2 heteroatoms. The van der Waals surface area contributed by atoms with Crippen LogP contribution in [-0.4, -0.2) is 0 Å². The van der Waals surface area contributed by atoms with Gasteiger partial charge in [-0.05, 0) is 17.0 Å². The van der Waals surface area contributed by atoms with Gasteiger partial charge in [0.2, 0.25) is 0 Å². The van der Waals surface area contributed by atoms with Gasteiger partial charge < -0.3 is 4.74 Å². The summed E-state index contributed by atoms with van der Waals surface area (Å²) in [4.78, 5) is 1.28. The Morgan fingerprint density at radius 2 is 2.00 bits per heavy atom. The summed E-state index contributed by atoms with van der Waals surface area (Å²) in [7, 11) is 0. The summed E-state index contributed by atoms with van der Waals surface area (Å²) < 4.78 is 6.17. The van der Waals surface area contributed by atoms with Gasteiger partial charge in [0.1, 0.15) is 6.10 Å². The number of rotatable bonds is 2. The zero-order valence-electron chi connectivity index (χ0n) is 10.0. The molecule has 1 aliphatic heterocycles. The van der Waals surface area contributed by atoms with E-state index in [1.807, 2.05) is 18.2 Å². The van der Waals surface area contributed by atoms with Gasteiger partial charge in [0, 0.05) is 16.9 Å². The molecule has 2 unspecified atom stereocenters. The molecule has 0 radical (unpaired) electrons. The fraction of sp³-hybridized carbons (Fsp3) is 0.188. The van der Waals surface area contributed by atoms with Crippen LogP contribution in [-0.2, 0) is 4.74 Å². The van der Waals surface area contributed by atoms with Crippen LogP contribution in [0.4, 0.5) is 0 Å². The van der Waals surface area contributed by atoms with Gasteiger partial charge in [0.05, 0.1) is 6.10 Å². The monoisotopic (exact) mass is 254 g/mol. The van der Waals surface area contributed by atoms with Gasteiger partial charge in [-0.1, -0.05) is 43.0 Å². The first-order valence-corrected chi connectivity index (χ1v) is 6.89. The van der Waals surface area contributed by atoms with Gasteiger partial charge in [-0.2, -0.15) is 0 Å². The summed E-state index contributed by atoms with van der Waals surface area (Å²) in [5.74, 6) is 0. The predicted octanol–water partition coefficient (Wildman–Crippen LogP) is 4.66. The van der Waals surface area contributed by atoms with Crippen LogP contribution in [0.1, 0.15) is 29.1 Å². The minimum Gasteiger partial charge on any atom is -0.359 e. The SMILES string of the molecule is C=C=C1CC(c2cccs2)OC1c1ccccc1. The van der Waals surface area contributed by atoms with E-state index in [4.69, 9.17) is 4.74 Å². The van der Waals surface area contributed by atoms with Crippen molar-refractivity contribution < 1.29 is 4.74 Å². The Bertz CT molecular complexity index is 564. The highest BCUT2D eigenvalue weighted by Gasteiger charge is 2.32. The second-order valence-corrected chi connectivity index (χ2v) is 5.32. The van der Waals surface area contributed by atoms with Crippen molar-refractivity contribution in [3.63, 3.8) is 0 Å². The molecular weight excluding hydrogens is 240 g/mol. The molecular formula is C16H14OS. The molecule has 2 atom stereocenters. The van der Waals surface area contributed by atoms with E-state index in [2.05, 4.69) is 42.0 Å². The van der Waals surface area contributed by atoms with Crippen molar-refractivity contribution in [1.29, 1.82) is 0 Å². The quantitative estimate of drug-likeness (QED) is 0.708. The van der Waals surface area contributed by atoms with Gasteiger partial charge in [-0.15, -0.1) is 17.1 Å². The second kappa shape index (κ2) is 4.95. The molecule has 3 rings (SSSR count). The van der Waals surface area contributed by atoms with E-state index in [1.54, 1.807) is 11.3 Å². The number of hydrogen-bond acceptors (Lipinski definition) is 2. The minimum absolute atomic E-state index is 0.01000. The highest BCUT2D eigenvalue weighted by molar-refractivity contribution is 7.10. The number of hydrogen-bond donors (Lipinski definition) is 0. The average Bonchev–Trinajstić information content (AvgIpc) is 3.08. The van der Waals surface area contributed by atoms with Crippen molar-refractivity contribution in [1.82, 2.24) is 0 Å². The van der Waals surface area contributed by atoms with Crippen molar-refractivity contribution in [2.45, 2.75) is 18.6 Å². The molecule has 90 valence electrons. The molecule has 1 saturated heterocycles. The smallest absolute Gasteiger partial charge is 0.112 e. The van der Waals surface area contributed by atoms with Crippen molar-refractivity contribution in [2.75, 3.05) is 0 Å². The minimum atomic E-state index is 0.01000. The maximum Gasteiger partial charge on any atom is 0.112 e. The lowest BCUT2D eigenvalue weighted by atomic mass is 10.0. The van der Waals surface area contributed by atoms with Crippen molar-refractivity contribution in [3.8, 4) is 0 Å². The third-order valence-electron chi connectivity index (χ3n) is 3.21. The number of ether oxygens (including phenoxy) is 1. The molecule has 1 fully saturated rings. The van der Waals surface area contributed by atoms with Gasteiger partial charge in [0.15, 0.2) is 0 Å². The summed E-state index contributed by atoms with van der Waals surface area (Å²) in [6, 6.07) is 14.5. The first-order valence-electron chi connectivity index (χ1n) is 6.01. The Balaban J connectivity index is 1.90. The molecule has 0 amide bonds. The summed E-state index contributed by atoms with van der Waals surface area (Å²) in [5.41, 5.74) is 5.39. The van der Waals surface area contributed by atoms with Crippen LogP contribution < -0.4 is 0 Å². The predicted molar refractivity (Wildman–Crippen MR) is 74.6 cm³/mol. The number of benzene rings is 1. The van der Waals surface area contributed by atoms with Gasteiger partial charge >= 0.3 is 0 Å². The van der Waals surface area contributed by atoms with Crippen molar-refractivity contribution in [3.05, 3.63) is 76.2 Å². The van der Waals surface area contributed by atoms with Crippen molar-refractivity contribution >= 4 is 11.3 Å². The van der Waals surface area contributed by atoms with E-state index in [-0.39, 0.29) is 12.2 Å². The molecule has 1 nitrogen and oxygen atoms in total. The summed E-state index contributed by atoms with van der Waals surface area (Å²) in [6.45, 7) is 3.80. The van der Waals surface area contributed by atoms with Crippen molar-refractivity contribution in [2.24, 2.45) is 0 Å². The Hall–Kier alpha value is -1.60. The third kappa shape index (κ3) is 2.06. The fourth-order valence-corrected chi connectivity index (χ4v) is 3.08. The number of thiophene rings is 1. The first-order chi connectivity index (χ1) is 8.88. The van der Waals surface area contributed by atoms with E-state index in [9.17, 15) is 0 Å². The maximum atomic E-state index is 6.17. The van der Waals surface area contributed by atoms with Crippen LogP contribution in [0.2, 0.25) is 0 Å². The molecule has 1 aromatic heterocycles. The van der Waals surface area contributed by atoms with Crippen LogP contribution in [0.25, 0.3) is 0 Å². The van der Waals surface area contributed by atoms with Crippen LogP contribution >= 0.6 is 11.3 Å². The van der Waals surface area contributed by atoms with E-state index < -0.39 is 0 Å². The Morgan fingerprint density at radius 1 is 1.17 bits per heavy atom. The van der Waals surface area contributed by atoms with Crippen LogP contribution in [0.5, 0.6) is 0 Å². The standard InChI is InChI=1S/C16H14OS/c1-2-12-11-14(15-9-6-10-18-15)17-16(12)13-7-4-3-5-8-13/h3-10,14,16H,1,11H2. The van der Waals surface area contributed by atoms with Gasteiger partial charge in [-0.25, -0.2) is 0 Å². The molecule has 0 N–H and O–H groups in total. The highest BCUT2D eigenvalue weighted by atomic mass is 32.1. The molecule has 1 aromatic carbocycles. The van der Waals surface area contributed by atoms with E-state index in [0.29, 0.717) is 0 Å². The molecule has 2 heterocycles. The van der Waals surface area contributed by atoms with E-state index in [0.717, 1.165) is 12.0 Å². The Labute approximate surface area is 111 Å². The Morgan fingerprint density at radius 3 is 2.67 bits per heavy atom. The molecule has 18 heavy (non-hydrogen) atoms. The summed E-state index contributed by atoms with van der Waals surface area (Å²) >= 11 is 1.74. The Kier molecular flexibility index (Phi) is 3.16. The van der Waals surface area contributed by atoms with E-state index in [1.165, 1.54) is 10.4 Å². The molecule has 2 aromatic rings. The van der Waals surface area contributed by atoms with Crippen LogP contribution in [0.3, 0.4) is 0 Å². The molecule has 1 aliphatic rings. The maximum absolute atomic E-state index is 6.17. The zero-order chi connectivity index (χ0) is 12.4. The average molecular weight is 254 g/mol. The van der Waals surface area contributed by atoms with Gasteiger partial charge in [0.25, 0.3) is 0 Å². The molecule has 0 saturated carbocycles. The van der Waals surface area contributed by atoms with Crippen LogP contribution in [0, 0.1) is 0 Å². The first kappa shape index (κ1) is 11.5. The highest BCUT2D eigenvalue weighted by Crippen LogP contribution is 2.45. The molecule has 0 bridgehead atoms. The normalized spacial score (nSPS) is 23.0. The largest absolute Gasteiger partial charge is 0.359 e. The molecule has 0 spiro atoms. The van der Waals surface area contributed by atoms with Crippen LogP contribution in [0.15, 0.2) is 65.7 Å². The molecule has 0 aliphatic carbocycles. The van der Waals surface area contributed by atoms with E-state index >= 15 is 0 Å². The zero-order valence-corrected chi connectivity index (χ0v) is 10.8. The second-order valence-electron chi connectivity index (χ2n) is 4.34. The lowest BCUT2D eigenvalue weighted by Gasteiger charge is -2.12. The third-order valence-corrected chi connectivity index (χ3v) is 4.18. The van der Waals surface area contributed by atoms with Gasteiger partial charge in [-0.3, -0.25) is 0 Å².